The van der Waals surface area contributed by atoms with Crippen molar-refractivity contribution in [1.82, 2.24) is 0 Å². The Morgan fingerprint density at radius 1 is 1.11 bits per heavy atom. The van der Waals surface area contributed by atoms with Crippen LogP contribution in [0.1, 0.15) is 24.2 Å². The van der Waals surface area contributed by atoms with E-state index >= 15 is 0 Å². The van der Waals surface area contributed by atoms with Crippen molar-refractivity contribution in [3.63, 3.8) is 0 Å². The second kappa shape index (κ2) is 5.80. The summed E-state index contributed by atoms with van der Waals surface area (Å²) >= 11 is 0. The van der Waals surface area contributed by atoms with E-state index in [1.165, 1.54) is 12.1 Å². The summed E-state index contributed by atoms with van der Waals surface area (Å²) in [6.45, 7) is 1.62. The Balaban J connectivity index is 2.04. The van der Waals surface area contributed by atoms with Crippen LogP contribution >= 0.6 is 0 Å². The lowest BCUT2D eigenvalue weighted by atomic mass is 10.1. The number of aliphatic hydroxyl groups is 1. The molecule has 0 radical (unpaired) electrons. The minimum atomic E-state index is -0.886. The smallest absolute Gasteiger partial charge is 0.165 e. The van der Waals surface area contributed by atoms with Crippen molar-refractivity contribution in [3.05, 3.63) is 65.2 Å². The average Bonchev–Trinajstić information content (AvgIpc) is 2.41. The lowest BCUT2D eigenvalue weighted by Gasteiger charge is -2.09. The van der Waals surface area contributed by atoms with Gasteiger partial charge >= 0.3 is 0 Å². The predicted molar refractivity (Wildman–Crippen MR) is 67.8 cm³/mol. The molecular weight excluding hydrogens is 250 g/mol. The Hall–Kier alpha value is -1.94. The molecule has 0 aliphatic heterocycles. The fourth-order valence-corrected chi connectivity index (χ4v) is 1.66. The Morgan fingerprint density at radius 2 is 1.79 bits per heavy atom. The monoisotopic (exact) mass is 264 g/mol. The highest BCUT2D eigenvalue weighted by Gasteiger charge is 2.08. The highest BCUT2D eigenvalue weighted by molar-refractivity contribution is 5.29. The van der Waals surface area contributed by atoms with E-state index in [0.29, 0.717) is 5.75 Å². The topological polar surface area (TPSA) is 29.5 Å². The maximum atomic E-state index is 13.4. The third kappa shape index (κ3) is 3.29. The molecule has 1 N–H and O–H groups in total. The molecule has 2 rings (SSSR count). The first kappa shape index (κ1) is 13.5. The highest BCUT2D eigenvalue weighted by Crippen LogP contribution is 2.19. The van der Waals surface area contributed by atoms with Crippen LogP contribution in [0.25, 0.3) is 0 Å². The Kier molecular flexibility index (Phi) is 4.12. The van der Waals surface area contributed by atoms with Gasteiger partial charge in [0.15, 0.2) is 11.6 Å². The number of hydrogen-bond donors (Lipinski definition) is 1. The summed E-state index contributed by atoms with van der Waals surface area (Å²) in [5.74, 6) is -1.23. The Morgan fingerprint density at radius 3 is 2.42 bits per heavy atom. The minimum absolute atomic E-state index is 0.0440. The van der Waals surface area contributed by atoms with Crippen LogP contribution in [0.15, 0.2) is 42.5 Å². The van der Waals surface area contributed by atoms with Crippen molar-refractivity contribution in [2.24, 2.45) is 0 Å². The lowest BCUT2D eigenvalue weighted by Crippen LogP contribution is -2.00. The number of benzene rings is 2. The first-order valence-corrected chi connectivity index (χ1v) is 5.91. The van der Waals surface area contributed by atoms with Crippen LogP contribution in [0.3, 0.4) is 0 Å². The molecule has 1 atom stereocenters. The molecular formula is C15H14F2O2. The van der Waals surface area contributed by atoms with Crippen molar-refractivity contribution >= 4 is 0 Å². The quantitative estimate of drug-likeness (QED) is 0.914. The van der Waals surface area contributed by atoms with Crippen molar-refractivity contribution < 1.29 is 18.6 Å². The van der Waals surface area contributed by atoms with E-state index in [0.717, 1.165) is 11.6 Å². The summed E-state index contributed by atoms with van der Waals surface area (Å²) in [5.41, 5.74) is 0.934. The molecule has 0 bridgehead atoms. The van der Waals surface area contributed by atoms with E-state index in [2.05, 4.69) is 0 Å². The van der Waals surface area contributed by atoms with Gasteiger partial charge in [-0.1, -0.05) is 24.3 Å². The summed E-state index contributed by atoms with van der Waals surface area (Å²) in [6, 6.07) is 10.8. The van der Waals surface area contributed by atoms with E-state index in [4.69, 9.17) is 4.74 Å². The molecule has 19 heavy (non-hydrogen) atoms. The molecule has 0 heterocycles. The zero-order chi connectivity index (χ0) is 13.8. The van der Waals surface area contributed by atoms with E-state index in [1.807, 2.05) is 0 Å². The second-order valence-corrected chi connectivity index (χ2v) is 4.25. The molecule has 0 aromatic heterocycles. The summed E-state index contributed by atoms with van der Waals surface area (Å²) in [5, 5.41) is 9.36. The van der Waals surface area contributed by atoms with Crippen LogP contribution in [-0.2, 0) is 6.61 Å². The summed E-state index contributed by atoms with van der Waals surface area (Å²) < 4.78 is 31.7. The van der Waals surface area contributed by atoms with E-state index in [1.54, 1.807) is 31.2 Å². The standard InChI is InChI=1S/C15H14F2O2/c1-10(18)11-5-7-13(8-6-11)19-9-12-3-2-4-14(16)15(12)17/h2-8,10,18H,9H2,1H3/t10-/m1/s1. The summed E-state index contributed by atoms with van der Waals surface area (Å²) in [7, 11) is 0. The number of halogens is 2. The molecule has 2 aromatic rings. The second-order valence-electron chi connectivity index (χ2n) is 4.25. The Labute approximate surface area is 110 Å². The molecule has 100 valence electrons. The van der Waals surface area contributed by atoms with Crippen molar-refractivity contribution in [2.45, 2.75) is 19.6 Å². The third-order valence-electron chi connectivity index (χ3n) is 2.79. The summed E-state index contributed by atoms with van der Waals surface area (Å²) in [6.07, 6.45) is -0.547. The highest BCUT2D eigenvalue weighted by atomic mass is 19.2. The molecule has 0 unspecified atom stereocenters. The fraction of sp³-hybridized carbons (Fsp3) is 0.200. The van der Waals surface area contributed by atoms with Crippen LogP contribution in [0.4, 0.5) is 8.78 Å². The number of rotatable bonds is 4. The Bertz CT molecular complexity index is 551. The zero-order valence-electron chi connectivity index (χ0n) is 10.4. The number of ether oxygens (including phenoxy) is 1. The van der Waals surface area contributed by atoms with Crippen LogP contribution in [0.5, 0.6) is 5.75 Å². The lowest BCUT2D eigenvalue weighted by molar-refractivity contribution is 0.199. The van der Waals surface area contributed by atoms with Gasteiger partial charge in [0, 0.05) is 5.56 Å². The fourth-order valence-electron chi connectivity index (χ4n) is 1.66. The van der Waals surface area contributed by atoms with Crippen LogP contribution in [0, 0.1) is 11.6 Å². The molecule has 0 fully saturated rings. The molecule has 0 aliphatic rings. The normalized spacial score (nSPS) is 12.2. The summed E-state index contributed by atoms with van der Waals surface area (Å²) in [4.78, 5) is 0. The van der Waals surface area contributed by atoms with Gasteiger partial charge in [-0.2, -0.15) is 0 Å². The van der Waals surface area contributed by atoms with Gasteiger partial charge in [0.1, 0.15) is 12.4 Å². The van der Waals surface area contributed by atoms with Gasteiger partial charge in [-0.3, -0.25) is 0 Å². The SMILES string of the molecule is C[C@@H](O)c1ccc(OCc2cccc(F)c2F)cc1. The number of aliphatic hydroxyl groups excluding tert-OH is 1. The number of hydrogen-bond acceptors (Lipinski definition) is 2. The average molecular weight is 264 g/mol. The van der Waals surface area contributed by atoms with Crippen molar-refractivity contribution in [2.75, 3.05) is 0 Å². The van der Waals surface area contributed by atoms with Gasteiger partial charge in [0.25, 0.3) is 0 Å². The molecule has 0 spiro atoms. The van der Waals surface area contributed by atoms with Gasteiger partial charge in [0.2, 0.25) is 0 Å². The third-order valence-corrected chi connectivity index (χ3v) is 2.79. The van der Waals surface area contributed by atoms with Crippen molar-refractivity contribution in [1.29, 1.82) is 0 Å². The molecule has 2 nitrogen and oxygen atoms in total. The van der Waals surface area contributed by atoms with Crippen molar-refractivity contribution in [3.8, 4) is 5.75 Å². The molecule has 2 aromatic carbocycles. The van der Waals surface area contributed by atoms with Crippen LogP contribution < -0.4 is 4.74 Å². The van der Waals surface area contributed by atoms with E-state index in [-0.39, 0.29) is 12.2 Å². The zero-order valence-corrected chi connectivity index (χ0v) is 10.4. The molecule has 0 amide bonds. The van der Waals surface area contributed by atoms with Gasteiger partial charge in [-0.05, 0) is 30.7 Å². The first-order valence-electron chi connectivity index (χ1n) is 5.91. The largest absolute Gasteiger partial charge is 0.489 e. The minimum Gasteiger partial charge on any atom is -0.489 e. The van der Waals surface area contributed by atoms with Gasteiger partial charge < -0.3 is 9.84 Å². The molecule has 0 aliphatic carbocycles. The van der Waals surface area contributed by atoms with Gasteiger partial charge in [-0.15, -0.1) is 0 Å². The van der Waals surface area contributed by atoms with E-state index in [9.17, 15) is 13.9 Å². The molecule has 0 saturated heterocycles. The van der Waals surface area contributed by atoms with Crippen LogP contribution in [-0.4, -0.2) is 5.11 Å². The predicted octanol–water partition coefficient (Wildman–Crippen LogP) is 3.60. The van der Waals surface area contributed by atoms with E-state index < -0.39 is 17.7 Å². The van der Waals surface area contributed by atoms with Crippen LogP contribution in [0.2, 0.25) is 0 Å². The van der Waals surface area contributed by atoms with Gasteiger partial charge in [-0.25, -0.2) is 8.78 Å². The first-order chi connectivity index (χ1) is 9.08. The molecule has 4 heteroatoms. The maximum absolute atomic E-state index is 13.4. The van der Waals surface area contributed by atoms with Gasteiger partial charge in [0.05, 0.1) is 6.10 Å². The molecule has 0 saturated carbocycles. The maximum Gasteiger partial charge on any atom is 0.165 e.